The van der Waals surface area contributed by atoms with E-state index >= 15 is 0 Å². The predicted octanol–water partition coefficient (Wildman–Crippen LogP) is 7.60. The molecule has 0 fully saturated rings. The highest BCUT2D eigenvalue weighted by molar-refractivity contribution is 7.16. The van der Waals surface area contributed by atoms with Gasteiger partial charge in [-0.05, 0) is 71.9 Å². The first-order chi connectivity index (χ1) is 15.8. The molecule has 3 aromatic rings. The molecule has 1 aromatic heterocycles. The fourth-order valence-electron chi connectivity index (χ4n) is 4.45. The molecule has 1 aliphatic rings. The molecule has 4 rings (SSSR count). The summed E-state index contributed by atoms with van der Waals surface area (Å²) in [7, 11) is 0. The molecule has 0 radical (unpaired) electrons. The van der Waals surface area contributed by atoms with Crippen LogP contribution in [0.5, 0.6) is 0 Å². The average Bonchev–Trinajstić information content (AvgIpc) is 3.16. The fourth-order valence-corrected chi connectivity index (χ4v) is 5.72. The van der Waals surface area contributed by atoms with E-state index < -0.39 is 0 Å². The zero-order valence-corrected chi connectivity index (χ0v) is 20.6. The van der Waals surface area contributed by atoms with Crippen molar-refractivity contribution in [3.63, 3.8) is 0 Å². The lowest BCUT2D eigenvalue weighted by molar-refractivity contribution is 0.102. The first-order valence-corrected chi connectivity index (χ1v) is 12.4. The first-order valence-electron chi connectivity index (χ1n) is 11.6. The number of halogens is 1. The SMILES string of the molecule is CCc1ccccc1NC(=O)c1c(/N=C/c2ccc(F)cc2)sc2c1CCC(C(C)(C)C)C2. The number of rotatable bonds is 5. The fraction of sp³-hybridized carbons (Fsp3) is 0.357. The van der Waals surface area contributed by atoms with Crippen molar-refractivity contribution in [2.75, 3.05) is 5.32 Å². The van der Waals surface area contributed by atoms with Gasteiger partial charge in [0.25, 0.3) is 5.91 Å². The van der Waals surface area contributed by atoms with Gasteiger partial charge in [0.15, 0.2) is 0 Å². The highest BCUT2D eigenvalue weighted by Gasteiger charge is 2.33. The first kappa shape index (κ1) is 23.4. The molecule has 172 valence electrons. The predicted molar refractivity (Wildman–Crippen MR) is 137 cm³/mol. The highest BCUT2D eigenvalue weighted by atomic mass is 32.1. The summed E-state index contributed by atoms with van der Waals surface area (Å²) >= 11 is 1.62. The number of nitrogens with one attached hydrogen (secondary N) is 1. The van der Waals surface area contributed by atoms with Crippen molar-refractivity contribution in [3.05, 3.63) is 81.5 Å². The van der Waals surface area contributed by atoms with E-state index in [1.54, 1.807) is 29.7 Å². The lowest BCUT2D eigenvalue weighted by Gasteiger charge is -2.33. The minimum absolute atomic E-state index is 0.103. The Bertz CT molecular complexity index is 1170. The number of hydrogen-bond acceptors (Lipinski definition) is 3. The number of hydrogen-bond donors (Lipinski definition) is 1. The summed E-state index contributed by atoms with van der Waals surface area (Å²) in [5, 5.41) is 3.87. The Kier molecular flexibility index (Phi) is 6.80. The third-order valence-electron chi connectivity index (χ3n) is 6.55. The summed E-state index contributed by atoms with van der Waals surface area (Å²) in [4.78, 5) is 19.5. The molecule has 3 nitrogen and oxygen atoms in total. The van der Waals surface area contributed by atoms with E-state index in [4.69, 9.17) is 4.99 Å². The molecule has 0 spiro atoms. The third kappa shape index (κ3) is 5.25. The number of amides is 1. The number of thiophene rings is 1. The Labute approximate surface area is 199 Å². The van der Waals surface area contributed by atoms with Crippen molar-refractivity contribution in [1.82, 2.24) is 0 Å². The number of aliphatic imine (C=N–C) groups is 1. The Hall–Kier alpha value is -2.79. The number of benzene rings is 2. The molecule has 0 saturated heterocycles. The molecule has 2 aromatic carbocycles. The number of anilines is 1. The van der Waals surface area contributed by atoms with E-state index in [9.17, 15) is 9.18 Å². The Morgan fingerprint density at radius 1 is 1.18 bits per heavy atom. The van der Waals surface area contributed by atoms with Crippen molar-refractivity contribution in [2.24, 2.45) is 16.3 Å². The van der Waals surface area contributed by atoms with Crippen LogP contribution >= 0.6 is 11.3 Å². The summed E-state index contributed by atoms with van der Waals surface area (Å²) in [6, 6.07) is 14.2. The third-order valence-corrected chi connectivity index (χ3v) is 7.71. The molecule has 1 amide bonds. The second-order valence-corrected chi connectivity index (χ2v) is 10.8. The lowest BCUT2D eigenvalue weighted by atomic mass is 9.72. The normalized spacial score (nSPS) is 16.1. The van der Waals surface area contributed by atoms with Crippen LogP contribution in [0.2, 0.25) is 0 Å². The molecule has 1 unspecified atom stereocenters. The number of carbonyl (C=O) groups excluding carboxylic acids is 1. The van der Waals surface area contributed by atoms with Gasteiger partial charge in [-0.1, -0.05) is 58.0 Å². The van der Waals surface area contributed by atoms with Gasteiger partial charge in [0.1, 0.15) is 10.8 Å². The maximum atomic E-state index is 13.5. The van der Waals surface area contributed by atoms with Crippen molar-refractivity contribution in [1.29, 1.82) is 0 Å². The number of carbonyl (C=O) groups is 1. The zero-order chi connectivity index (χ0) is 23.6. The van der Waals surface area contributed by atoms with E-state index in [2.05, 4.69) is 33.0 Å². The van der Waals surface area contributed by atoms with Gasteiger partial charge in [-0.25, -0.2) is 9.38 Å². The summed E-state index contributed by atoms with van der Waals surface area (Å²) < 4.78 is 13.3. The molecule has 33 heavy (non-hydrogen) atoms. The summed E-state index contributed by atoms with van der Waals surface area (Å²) in [5.41, 5.74) is 4.81. The summed E-state index contributed by atoms with van der Waals surface area (Å²) in [6.45, 7) is 8.96. The molecular weight excluding hydrogens is 431 g/mol. The lowest BCUT2D eigenvalue weighted by Crippen LogP contribution is -2.27. The number of aryl methyl sites for hydroxylation is 1. The van der Waals surface area contributed by atoms with Crippen LogP contribution in [0, 0.1) is 17.2 Å². The van der Waals surface area contributed by atoms with Crippen molar-refractivity contribution >= 4 is 34.1 Å². The van der Waals surface area contributed by atoms with Crippen LogP contribution in [-0.2, 0) is 19.3 Å². The minimum Gasteiger partial charge on any atom is -0.322 e. The molecule has 0 saturated carbocycles. The zero-order valence-electron chi connectivity index (χ0n) is 19.7. The topological polar surface area (TPSA) is 41.5 Å². The van der Waals surface area contributed by atoms with Gasteiger partial charge in [-0.3, -0.25) is 4.79 Å². The van der Waals surface area contributed by atoms with Gasteiger partial charge in [0, 0.05) is 16.8 Å². The molecule has 1 N–H and O–H groups in total. The maximum absolute atomic E-state index is 13.5. The van der Waals surface area contributed by atoms with Gasteiger partial charge < -0.3 is 5.32 Å². The maximum Gasteiger partial charge on any atom is 0.259 e. The van der Waals surface area contributed by atoms with Gasteiger partial charge in [-0.2, -0.15) is 0 Å². The molecule has 0 bridgehead atoms. The van der Waals surface area contributed by atoms with E-state index in [0.29, 0.717) is 11.5 Å². The van der Waals surface area contributed by atoms with Gasteiger partial charge >= 0.3 is 0 Å². The van der Waals surface area contributed by atoms with Crippen LogP contribution in [0.4, 0.5) is 15.1 Å². The Balaban J connectivity index is 1.71. The number of nitrogens with zero attached hydrogens (tertiary/aromatic N) is 1. The summed E-state index contributed by atoms with van der Waals surface area (Å²) in [6.07, 6.45) is 5.50. The van der Waals surface area contributed by atoms with Crippen molar-refractivity contribution in [3.8, 4) is 0 Å². The van der Waals surface area contributed by atoms with Gasteiger partial charge in [0.2, 0.25) is 0 Å². The van der Waals surface area contributed by atoms with Crippen molar-refractivity contribution in [2.45, 2.75) is 53.4 Å². The van der Waals surface area contributed by atoms with E-state index in [0.717, 1.165) is 53.1 Å². The average molecular weight is 463 g/mol. The highest BCUT2D eigenvalue weighted by Crippen LogP contribution is 2.45. The quantitative estimate of drug-likeness (QED) is 0.390. The largest absolute Gasteiger partial charge is 0.322 e. The summed E-state index contributed by atoms with van der Waals surface area (Å²) in [5.74, 6) is 0.199. The van der Waals surface area contributed by atoms with Crippen LogP contribution in [0.25, 0.3) is 0 Å². The molecular formula is C28H31FN2OS. The minimum atomic E-state index is -0.276. The monoisotopic (exact) mass is 462 g/mol. The Morgan fingerprint density at radius 2 is 1.91 bits per heavy atom. The molecule has 0 aliphatic heterocycles. The van der Waals surface area contributed by atoms with Gasteiger partial charge in [-0.15, -0.1) is 11.3 Å². The molecule has 1 heterocycles. The molecule has 1 atom stereocenters. The smallest absolute Gasteiger partial charge is 0.259 e. The van der Waals surface area contributed by atoms with Crippen LogP contribution in [0.3, 0.4) is 0 Å². The second-order valence-electron chi connectivity index (χ2n) is 9.76. The number of para-hydroxylation sites is 1. The number of fused-ring (bicyclic) bond motifs is 1. The van der Waals surface area contributed by atoms with Crippen molar-refractivity contribution < 1.29 is 9.18 Å². The molecule has 1 aliphatic carbocycles. The van der Waals surface area contributed by atoms with Crippen LogP contribution < -0.4 is 5.32 Å². The van der Waals surface area contributed by atoms with E-state index in [1.165, 1.54) is 17.0 Å². The van der Waals surface area contributed by atoms with Crippen LogP contribution in [-0.4, -0.2) is 12.1 Å². The molecule has 5 heteroatoms. The van der Waals surface area contributed by atoms with E-state index in [1.807, 2.05) is 24.3 Å². The van der Waals surface area contributed by atoms with E-state index in [-0.39, 0.29) is 17.1 Å². The van der Waals surface area contributed by atoms with Crippen LogP contribution in [0.1, 0.15) is 66.0 Å². The second kappa shape index (κ2) is 9.60. The Morgan fingerprint density at radius 3 is 2.61 bits per heavy atom. The standard InChI is InChI=1S/C28H31FN2OS/c1-5-19-8-6-7-9-23(19)31-26(32)25-22-15-12-20(28(2,3)4)16-24(22)33-27(25)30-17-18-10-13-21(29)14-11-18/h6-11,13-14,17,20H,5,12,15-16H2,1-4H3,(H,31,32)/b30-17+. The van der Waals surface area contributed by atoms with Gasteiger partial charge in [0.05, 0.1) is 5.56 Å². The van der Waals surface area contributed by atoms with Crippen LogP contribution in [0.15, 0.2) is 53.5 Å².